The molecule has 0 radical (unpaired) electrons. The zero-order valence-electron chi connectivity index (χ0n) is 12.3. The lowest BCUT2D eigenvalue weighted by molar-refractivity contribution is -0.123. The van der Waals surface area contributed by atoms with E-state index in [4.69, 9.17) is 5.73 Å². The van der Waals surface area contributed by atoms with Crippen LogP contribution in [0.5, 0.6) is 0 Å². The second-order valence-corrected chi connectivity index (χ2v) is 5.68. The van der Waals surface area contributed by atoms with Crippen LogP contribution >= 0.6 is 0 Å². The summed E-state index contributed by atoms with van der Waals surface area (Å²) in [5.74, 6) is -0.232. The summed E-state index contributed by atoms with van der Waals surface area (Å²) in [6.07, 6.45) is 0. The van der Waals surface area contributed by atoms with Crippen LogP contribution in [0.2, 0.25) is 0 Å². The largest absolute Gasteiger partial charge is 0.399 e. The minimum atomic E-state index is -0.622. The molecule has 0 aliphatic heterocycles. The molecule has 0 spiro atoms. The Morgan fingerprint density at radius 1 is 1.15 bits per heavy atom. The topological polar surface area (TPSA) is 96.2 Å². The number of amides is 3. The van der Waals surface area contributed by atoms with Crippen LogP contribution in [-0.2, 0) is 4.79 Å². The first-order chi connectivity index (χ1) is 9.17. The molecular weight excluding hydrogens is 256 g/mol. The van der Waals surface area contributed by atoms with Crippen LogP contribution < -0.4 is 21.7 Å². The number of nitrogens with one attached hydrogen (secondary N) is 3. The molecule has 0 heterocycles. The summed E-state index contributed by atoms with van der Waals surface area (Å²) in [6, 6.07) is 5.69. The van der Waals surface area contributed by atoms with E-state index in [0.717, 1.165) is 0 Å². The van der Waals surface area contributed by atoms with Crippen LogP contribution in [0.4, 0.5) is 16.2 Å². The second-order valence-electron chi connectivity index (χ2n) is 5.68. The van der Waals surface area contributed by atoms with Gasteiger partial charge in [-0.1, -0.05) is 0 Å². The fourth-order valence-electron chi connectivity index (χ4n) is 1.47. The Morgan fingerprint density at radius 2 is 1.70 bits per heavy atom. The summed E-state index contributed by atoms with van der Waals surface area (Å²) >= 11 is 0. The van der Waals surface area contributed by atoms with Gasteiger partial charge in [0.05, 0.1) is 0 Å². The maximum Gasteiger partial charge on any atom is 0.319 e. The number of benzene rings is 1. The van der Waals surface area contributed by atoms with Crippen LogP contribution in [0.3, 0.4) is 0 Å². The van der Waals surface area contributed by atoms with Crippen LogP contribution in [-0.4, -0.2) is 23.5 Å². The number of nitrogens with two attached hydrogens (primary N) is 1. The zero-order chi connectivity index (χ0) is 15.3. The van der Waals surface area contributed by atoms with E-state index in [-0.39, 0.29) is 11.4 Å². The van der Waals surface area contributed by atoms with Gasteiger partial charge in [0.25, 0.3) is 0 Å². The van der Waals surface area contributed by atoms with E-state index in [1.54, 1.807) is 31.2 Å². The van der Waals surface area contributed by atoms with E-state index < -0.39 is 12.1 Å². The first-order valence-electron chi connectivity index (χ1n) is 6.42. The number of carbonyl (C=O) groups is 2. The van der Waals surface area contributed by atoms with Crippen molar-refractivity contribution in [1.29, 1.82) is 0 Å². The number of hydrogen-bond donors (Lipinski definition) is 4. The highest BCUT2D eigenvalue weighted by Gasteiger charge is 2.20. The Kier molecular flexibility index (Phi) is 4.96. The highest BCUT2D eigenvalue weighted by molar-refractivity contribution is 5.93. The lowest BCUT2D eigenvalue weighted by Gasteiger charge is -2.23. The molecule has 0 saturated carbocycles. The number of anilines is 2. The second kappa shape index (κ2) is 6.27. The number of carbonyl (C=O) groups excluding carboxylic acids is 2. The summed E-state index contributed by atoms with van der Waals surface area (Å²) < 4.78 is 0. The van der Waals surface area contributed by atoms with Gasteiger partial charge in [0.1, 0.15) is 6.04 Å². The minimum Gasteiger partial charge on any atom is -0.399 e. The van der Waals surface area contributed by atoms with Gasteiger partial charge in [-0.2, -0.15) is 0 Å². The molecule has 0 aliphatic carbocycles. The number of hydrogen-bond acceptors (Lipinski definition) is 3. The molecule has 1 rings (SSSR count). The third-order valence-corrected chi connectivity index (χ3v) is 2.41. The predicted molar refractivity (Wildman–Crippen MR) is 80.4 cm³/mol. The van der Waals surface area contributed by atoms with Crippen LogP contribution in [0.1, 0.15) is 27.7 Å². The SMILES string of the molecule is CC(NC(=O)Nc1ccc(N)cc1)C(=O)NC(C)(C)C. The third-order valence-electron chi connectivity index (χ3n) is 2.41. The molecule has 1 unspecified atom stereocenters. The molecule has 110 valence electrons. The van der Waals surface area contributed by atoms with Crippen molar-refractivity contribution in [2.24, 2.45) is 0 Å². The molecule has 0 aromatic heterocycles. The average Bonchev–Trinajstić information content (AvgIpc) is 2.29. The number of urea groups is 1. The predicted octanol–water partition coefficient (Wildman–Crippen LogP) is 1.69. The number of nitrogen functional groups attached to an aromatic ring is 1. The van der Waals surface area contributed by atoms with Crippen molar-refractivity contribution in [3.05, 3.63) is 24.3 Å². The molecule has 0 fully saturated rings. The van der Waals surface area contributed by atoms with Gasteiger partial charge in [-0.3, -0.25) is 4.79 Å². The lowest BCUT2D eigenvalue weighted by Crippen LogP contribution is -2.51. The van der Waals surface area contributed by atoms with Gasteiger partial charge in [-0.25, -0.2) is 4.79 Å². The Morgan fingerprint density at radius 3 is 2.20 bits per heavy atom. The van der Waals surface area contributed by atoms with Gasteiger partial charge in [0.15, 0.2) is 0 Å². The van der Waals surface area contributed by atoms with Crippen molar-refractivity contribution in [2.75, 3.05) is 11.1 Å². The van der Waals surface area contributed by atoms with E-state index in [1.165, 1.54) is 0 Å². The smallest absolute Gasteiger partial charge is 0.319 e. The fraction of sp³-hybridized carbons (Fsp3) is 0.429. The fourth-order valence-corrected chi connectivity index (χ4v) is 1.47. The maximum atomic E-state index is 11.8. The monoisotopic (exact) mass is 278 g/mol. The molecule has 3 amide bonds. The third kappa shape index (κ3) is 5.60. The number of rotatable bonds is 3. The molecule has 1 atom stereocenters. The van der Waals surface area contributed by atoms with Gasteiger partial charge >= 0.3 is 6.03 Å². The summed E-state index contributed by atoms with van der Waals surface area (Å²) in [5.41, 5.74) is 6.45. The van der Waals surface area contributed by atoms with Gasteiger partial charge in [0.2, 0.25) is 5.91 Å². The van der Waals surface area contributed by atoms with Crippen molar-refractivity contribution >= 4 is 23.3 Å². The van der Waals surface area contributed by atoms with Crippen molar-refractivity contribution < 1.29 is 9.59 Å². The van der Waals surface area contributed by atoms with Crippen molar-refractivity contribution in [2.45, 2.75) is 39.3 Å². The molecule has 1 aromatic carbocycles. The molecular formula is C14H22N4O2. The molecule has 0 saturated heterocycles. The lowest BCUT2D eigenvalue weighted by atomic mass is 10.1. The van der Waals surface area contributed by atoms with Gasteiger partial charge in [0, 0.05) is 16.9 Å². The van der Waals surface area contributed by atoms with Crippen molar-refractivity contribution in [1.82, 2.24) is 10.6 Å². The minimum absolute atomic E-state index is 0.232. The Bertz CT molecular complexity index is 477. The normalized spacial score (nSPS) is 12.4. The van der Waals surface area contributed by atoms with E-state index in [2.05, 4.69) is 16.0 Å². The molecule has 1 aromatic rings. The summed E-state index contributed by atoms with van der Waals surface area (Å²) in [7, 11) is 0. The first-order valence-corrected chi connectivity index (χ1v) is 6.42. The van der Waals surface area contributed by atoms with Crippen molar-refractivity contribution in [3.63, 3.8) is 0 Å². The van der Waals surface area contributed by atoms with E-state index in [9.17, 15) is 9.59 Å². The van der Waals surface area contributed by atoms with Crippen molar-refractivity contribution in [3.8, 4) is 0 Å². The Balaban J connectivity index is 2.49. The summed E-state index contributed by atoms with van der Waals surface area (Å²) in [4.78, 5) is 23.6. The Labute approximate surface area is 119 Å². The molecule has 0 bridgehead atoms. The highest BCUT2D eigenvalue weighted by Crippen LogP contribution is 2.10. The van der Waals surface area contributed by atoms with E-state index >= 15 is 0 Å². The standard InChI is InChI=1S/C14H22N4O2/c1-9(12(19)18-14(2,3)4)16-13(20)17-11-7-5-10(15)6-8-11/h5-9H,15H2,1-4H3,(H,18,19)(H2,16,17,20). The quantitative estimate of drug-likeness (QED) is 0.633. The maximum absolute atomic E-state index is 11.8. The average molecular weight is 278 g/mol. The summed E-state index contributed by atoms with van der Waals surface area (Å²) in [6.45, 7) is 7.27. The van der Waals surface area contributed by atoms with Crippen LogP contribution in [0.25, 0.3) is 0 Å². The summed E-state index contributed by atoms with van der Waals surface area (Å²) in [5, 5.41) is 8.00. The highest BCUT2D eigenvalue weighted by atomic mass is 16.2. The molecule has 5 N–H and O–H groups in total. The van der Waals surface area contributed by atoms with Crippen LogP contribution in [0.15, 0.2) is 24.3 Å². The van der Waals surface area contributed by atoms with Gasteiger partial charge in [-0.05, 0) is 52.0 Å². The van der Waals surface area contributed by atoms with E-state index in [1.807, 2.05) is 20.8 Å². The molecule has 0 aliphatic rings. The van der Waals surface area contributed by atoms with Gasteiger partial charge < -0.3 is 21.7 Å². The molecule has 6 nitrogen and oxygen atoms in total. The molecule has 6 heteroatoms. The van der Waals surface area contributed by atoms with Crippen LogP contribution in [0, 0.1) is 0 Å². The van der Waals surface area contributed by atoms with Gasteiger partial charge in [-0.15, -0.1) is 0 Å². The Hall–Kier alpha value is -2.24. The zero-order valence-corrected chi connectivity index (χ0v) is 12.3. The first kappa shape index (κ1) is 15.8. The van der Waals surface area contributed by atoms with E-state index in [0.29, 0.717) is 11.4 Å². The molecule has 20 heavy (non-hydrogen) atoms.